The van der Waals surface area contributed by atoms with Crippen LogP contribution in [0.5, 0.6) is 5.75 Å². The van der Waals surface area contributed by atoms with Crippen molar-refractivity contribution >= 4 is 15.9 Å². The number of methoxy groups -OCH3 is 1. The first-order chi connectivity index (χ1) is 11.5. The Kier molecular flexibility index (Phi) is 6.62. The molecule has 134 valence electrons. The summed E-state index contributed by atoms with van der Waals surface area (Å²) in [6.07, 6.45) is 3.75. The van der Waals surface area contributed by atoms with Crippen LogP contribution in [-0.2, 0) is 10.0 Å². The van der Waals surface area contributed by atoms with Crippen LogP contribution in [0.3, 0.4) is 0 Å². The van der Waals surface area contributed by atoms with E-state index in [0.717, 1.165) is 25.7 Å². The highest BCUT2D eigenvalue weighted by molar-refractivity contribution is 7.89. The average molecular weight is 354 g/mol. The minimum atomic E-state index is -3.33. The van der Waals surface area contributed by atoms with Gasteiger partial charge in [0, 0.05) is 24.7 Å². The van der Waals surface area contributed by atoms with Gasteiger partial charge in [-0.25, -0.2) is 8.42 Å². The maximum absolute atomic E-state index is 12.5. The highest BCUT2D eigenvalue weighted by atomic mass is 32.2. The Morgan fingerprint density at radius 3 is 2.62 bits per heavy atom. The monoisotopic (exact) mass is 354 g/mol. The highest BCUT2D eigenvalue weighted by Crippen LogP contribution is 2.22. The first-order valence-electron chi connectivity index (χ1n) is 8.39. The van der Waals surface area contributed by atoms with Crippen LogP contribution in [0.1, 0.15) is 43.0 Å². The molecule has 1 aromatic rings. The van der Waals surface area contributed by atoms with Gasteiger partial charge < -0.3 is 10.1 Å². The van der Waals surface area contributed by atoms with Crippen LogP contribution >= 0.6 is 0 Å². The summed E-state index contributed by atoms with van der Waals surface area (Å²) in [4.78, 5) is 12.1. The number of carbonyl (C=O) groups is 1. The fourth-order valence-corrected chi connectivity index (χ4v) is 4.71. The molecule has 1 N–H and O–H groups in total. The van der Waals surface area contributed by atoms with Gasteiger partial charge in [0.05, 0.1) is 12.9 Å². The van der Waals surface area contributed by atoms with E-state index in [1.165, 1.54) is 0 Å². The maximum Gasteiger partial charge on any atom is 0.251 e. The lowest BCUT2D eigenvalue weighted by Crippen LogP contribution is -2.46. The van der Waals surface area contributed by atoms with Crippen molar-refractivity contribution in [3.63, 3.8) is 0 Å². The topological polar surface area (TPSA) is 75.7 Å². The van der Waals surface area contributed by atoms with Gasteiger partial charge in [-0.15, -0.1) is 0 Å². The van der Waals surface area contributed by atoms with E-state index in [4.69, 9.17) is 4.74 Å². The zero-order valence-electron chi connectivity index (χ0n) is 14.3. The van der Waals surface area contributed by atoms with Gasteiger partial charge in [0.1, 0.15) is 5.75 Å². The van der Waals surface area contributed by atoms with Crippen molar-refractivity contribution in [2.45, 2.75) is 38.6 Å². The Bertz CT molecular complexity index is 643. The standard InChI is InChI=1S/C17H26N2O4S/c1-3-15-6-4-5-12-19(15)24(21,22)13-11-18-17(20)14-7-9-16(23-2)10-8-14/h7-10,15H,3-6,11-13H2,1-2H3,(H,18,20)/t15-/m0/s1. The van der Waals surface area contributed by atoms with Crippen LogP contribution in [0, 0.1) is 0 Å². The van der Waals surface area contributed by atoms with Crippen molar-refractivity contribution < 1.29 is 17.9 Å². The second-order valence-electron chi connectivity index (χ2n) is 5.97. The molecule has 1 aliphatic rings. The molecule has 6 nitrogen and oxygen atoms in total. The molecule has 0 unspecified atom stereocenters. The summed E-state index contributed by atoms with van der Waals surface area (Å²) in [5.41, 5.74) is 0.484. The molecule has 1 saturated heterocycles. The average Bonchev–Trinajstić information content (AvgIpc) is 2.61. The Labute approximate surface area is 144 Å². The van der Waals surface area contributed by atoms with Crippen molar-refractivity contribution in [2.24, 2.45) is 0 Å². The molecule has 1 amide bonds. The zero-order valence-corrected chi connectivity index (χ0v) is 15.1. The number of nitrogens with one attached hydrogen (secondary N) is 1. The second kappa shape index (κ2) is 8.48. The molecule has 1 atom stereocenters. The molecule has 2 rings (SSSR count). The SMILES string of the molecule is CC[C@H]1CCCCN1S(=O)(=O)CCNC(=O)c1ccc(OC)cc1. The van der Waals surface area contributed by atoms with Crippen LogP contribution in [-0.4, -0.2) is 50.6 Å². The molecule has 1 aromatic carbocycles. The van der Waals surface area contributed by atoms with Crippen molar-refractivity contribution in [1.82, 2.24) is 9.62 Å². The van der Waals surface area contributed by atoms with E-state index in [2.05, 4.69) is 5.32 Å². The summed E-state index contributed by atoms with van der Waals surface area (Å²) >= 11 is 0. The van der Waals surface area contributed by atoms with Crippen molar-refractivity contribution in [1.29, 1.82) is 0 Å². The number of benzene rings is 1. The van der Waals surface area contributed by atoms with E-state index < -0.39 is 10.0 Å². The molecule has 0 bridgehead atoms. The summed E-state index contributed by atoms with van der Waals surface area (Å²) in [6, 6.07) is 6.80. The highest BCUT2D eigenvalue weighted by Gasteiger charge is 2.30. The molecule has 1 fully saturated rings. The molecule has 0 radical (unpaired) electrons. The van der Waals surface area contributed by atoms with E-state index in [0.29, 0.717) is 17.9 Å². The molecular formula is C17H26N2O4S. The molecular weight excluding hydrogens is 328 g/mol. The summed E-state index contributed by atoms with van der Waals surface area (Å²) < 4.78 is 31.7. The van der Waals surface area contributed by atoms with Crippen LogP contribution < -0.4 is 10.1 Å². The molecule has 0 saturated carbocycles. The molecule has 0 spiro atoms. The second-order valence-corrected chi connectivity index (χ2v) is 8.01. The van der Waals surface area contributed by atoms with Gasteiger partial charge in [-0.3, -0.25) is 4.79 Å². The molecule has 0 aliphatic carbocycles. The van der Waals surface area contributed by atoms with E-state index >= 15 is 0 Å². The lowest BCUT2D eigenvalue weighted by atomic mass is 10.0. The normalized spacial score (nSPS) is 19.0. The van der Waals surface area contributed by atoms with E-state index in [1.807, 2.05) is 6.92 Å². The van der Waals surface area contributed by atoms with E-state index in [9.17, 15) is 13.2 Å². The maximum atomic E-state index is 12.5. The molecule has 0 aromatic heterocycles. The predicted octanol–water partition coefficient (Wildman–Crippen LogP) is 2.02. The van der Waals surface area contributed by atoms with Crippen LogP contribution in [0.2, 0.25) is 0 Å². The number of piperidine rings is 1. The molecule has 1 heterocycles. The van der Waals surface area contributed by atoms with Crippen molar-refractivity contribution in [3.8, 4) is 5.75 Å². The van der Waals surface area contributed by atoms with Gasteiger partial charge in [0.15, 0.2) is 0 Å². The third kappa shape index (κ3) is 4.70. The third-order valence-electron chi connectivity index (χ3n) is 4.40. The number of hydrogen-bond acceptors (Lipinski definition) is 4. The summed E-state index contributed by atoms with van der Waals surface area (Å²) in [5.74, 6) is 0.328. The smallest absolute Gasteiger partial charge is 0.251 e. The van der Waals surface area contributed by atoms with Crippen molar-refractivity contribution in [2.75, 3.05) is 26.0 Å². The Balaban J connectivity index is 1.88. The number of amides is 1. The van der Waals surface area contributed by atoms with Gasteiger partial charge >= 0.3 is 0 Å². The van der Waals surface area contributed by atoms with Gasteiger partial charge in [-0.1, -0.05) is 13.3 Å². The van der Waals surface area contributed by atoms with E-state index in [-0.39, 0.29) is 24.2 Å². The number of rotatable bonds is 7. The first-order valence-corrected chi connectivity index (χ1v) is 10.0. The third-order valence-corrected chi connectivity index (χ3v) is 6.31. The van der Waals surface area contributed by atoms with Gasteiger partial charge in [0.25, 0.3) is 5.91 Å². The number of ether oxygens (including phenoxy) is 1. The summed E-state index contributed by atoms with van der Waals surface area (Å²) in [5, 5.41) is 2.68. The van der Waals surface area contributed by atoms with Crippen molar-refractivity contribution in [3.05, 3.63) is 29.8 Å². The fourth-order valence-electron chi connectivity index (χ4n) is 3.00. The van der Waals surface area contributed by atoms with Crippen LogP contribution in [0.4, 0.5) is 0 Å². The van der Waals surface area contributed by atoms with E-state index in [1.54, 1.807) is 35.7 Å². The first kappa shape index (κ1) is 18.7. The molecule has 24 heavy (non-hydrogen) atoms. The minimum Gasteiger partial charge on any atom is -0.497 e. The van der Waals surface area contributed by atoms with Gasteiger partial charge in [0.2, 0.25) is 10.0 Å². The largest absolute Gasteiger partial charge is 0.497 e. The summed E-state index contributed by atoms with van der Waals surface area (Å²) in [7, 11) is -1.77. The quantitative estimate of drug-likeness (QED) is 0.813. The Hall–Kier alpha value is -1.60. The van der Waals surface area contributed by atoms with Gasteiger partial charge in [-0.05, 0) is 43.5 Å². The predicted molar refractivity (Wildman–Crippen MR) is 93.8 cm³/mol. The summed E-state index contributed by atoms with van der Waals surface area (Å²) in [6.45, 7) is 2.72. The number of nitrogens with zero attached hydrogens (tertiary/aromatic N) is 1. The number of carbonyl (C=O) groups excluding carboxylic acids is 1. The fraction of sp³-hybridized carbons (Fsp3) is 0.588. The van der Waals surface area contributed by atoms with Crippen LogP contribution in [0.25, 0.3) is 0 Å². The lowest BCUT2D eigenvalue weighted by molar-refractivity contribution is 0.0956. The lowest BCUT2D eigenvalue weighted by Gasteiger charge is -2.34. The minimum absolute atomic E-state index is 0.0641. The molecule has 1 aliphatic heterocycles. The van der Waals surface area contributed by atoms with Crippen LogP contribution in [0.15, 0.2) is 24.3 Å². The molecule has 7 heteroatoms. The number of hydrogen-bond donors (Lipinski definition) is 1. The Morgan fingerprint density at radius 1 is 1.29 bits per heavy atom. The number of sulfonamides is 1. The Morgan fingerprint density at radius 2 is 2.00 bits per heavy atom. The zero-order chi connectivity index (χ0) is 17.6. The van der Waals surface area contributed by atoms with Gasteiger partial charge in [-0.2, -0.15) is 4.31 Å².